The Morgan fingerprint density at radius 2 is 1.88 bits per heavy atom. The second-order valence-electron chi connectivity index (χ2n) is 5.13. The van der Waals surface area contributed by atoms with Crippen molar-refractivity contribution in [3.8, 4) is 11.5 Å². The Hall–Kier alpha value is -1.85. The first-order valence-electron chi connectivity index (χ1n) is 7.42. The van der Waals surface area contributed by atoms with Crippen molar-refractivity contribution in [1.29, 1.82) is 0 Å². The summed E-state index contributed by atoms with van der Waals surface area (Å²) in [4.78, 5) is 12.3. The van der Waals surface area contributed by atoms with Gasteiger partial charge in [-0.1, -0.05) is 11.6 Å². The third kappa shape index (κ3) is 5.08. The molecule has 1 atom stereocenters. The van der Waals surface area contributed by atoms with Crippen LogP contribution in [0, 0.1) is 0 Å². The smallest absolute Gasteiger partial charge is 0.237 e. The van der Waals surface area contributed by atoms with Gasteiger partial charge in [-0.05, 0) is 49.4 Å². The van der Waals surface area contributed by atoms with Crippen molar-refractivity contribution >= 4 is 35.0 Å². The van der Waals surface area contributed by atoms with Crippen LogP contribution in [0.3, 0.4) is 0 Å². The Morgan fingerprint density at radius 1 is 1.17 bits per heavy atom. The summed E-state index contributed by atoms with van der Waals surface area (Å²) in [5, 5.41) is 3.34. The highest BCUT2D eigenvalue weighted by Gasteiger charge is 2.15. The molecule has 0 bridgehead atoms. The molecule has 2 rings (SSSR count). The van der Waals surface area contributed by atoms with Crippen molar-refractivity contribution < 1.29 is 14.3 Å². The number of thioether (sulfide) groups is 1. The van der Waals surface area contributed by atoms with Gasteiger partial charge < -0.3 is 14.8 Å². The van der Waals surface area contributed by atoms with Gasteiger partial charge in [-0.3, -0.25) is 4.79 Å². The molecule has 0 spiro atoms. The zero-order chi connectivity index (χ0) is 17.5. The van der Waals surface area contributed by atoms with Gasteiger partial charge in [0.25, 0.3) is 0 Å². The molecule has 0 saturated heterocycles. The molecule has 0 aliphatic heterocycles. The number of nitrogens with one attached hydrogen (secondary N) is 1. The molecule has 0 heterocycles. The number of carbonyl (C=O) groups excluding carboxylic acids is 1. The summed E-state index contributed by atoms with van der Waals surface area (Å²) in [5.41, 5.74) is 1.72. The summed E-state index contributed by atoms with van der Waals surface area (Å²) < 4.78 is 10.4. The van der Waals surface area contributed by atoms with Crippen LogP contribution >= 0.6 is 23.4 Å². The Labute approximate surface area is 151 Å². The van der Waals surface area contributed by atoms with E-state index in [-0.39, 0.29) is 11.2 Å². The van der Waals surface area contributed by atoms with Gasteiger partial charge in [-0.15, -0.1) is 11.8 Å². The molecule has 2 aromatic rings. The van der Waals surface area contributed by atoms with E-state index in [4.69, 9.17) is 21.1 Å². The first kappa shape index (κ1) is 18.5. The second kappa shape index (κ2) is 8.85. The van der Waals surface area contributed by atoms with Crippen molar-refractivity contribution in [2.45, 2.75) is 17.9 Å². The average Bonchev–Trinajstić information content (AvgIpc) is 2.60. The van der Waals surface area contributed by atoms with Crippen LogP contribution in [0.25, 0.3) is 0 Å². The molecule has 2 aromatic carbocycles. The minimum atomic E-state index is -0.212. The first-order chi connectivity index (χ1) is 11.5. The molecule has 1 N–H and O–H groups in total. The van der Waals surface area contributed by atoms with Crippen molar-refractivity contribution in [3.63, 3.8) is 0 Å². The molecule has 0 aromatic heterocycles. The lowest BCUT2D eigenvalue weighted by Crippen LogP contribution is -2.22. The number of benzene rings is 2. The highest BCUT2D eigenvalue weighted by molar-refractivity contribution is 7.99. The van der Waals surface area contributed by atoms with Crippen molar-refractivity contribution in [2.24, 2.45) is 0 Å². The van der Waals surface area contributed by atoms with E-state index in [1.54, 1.807) is 20.3 Å². The molecular formula is C18H20ClNO3S. The maximum absolute atomic E-state index is 12.3. The summed E-state index contributed by atoms with van der Waals surface area (Å²) >= 11 is 7.56. The van der Waals surface area contributed by atoms with E-state index < -0.39 is 0 Å². The Kier molecular flexibility index (Phi) is 6.82. The van der Waals surface area contributed by atoms with E-state index in [9.17, 15) is 4.79 Å². The van der Waals surface area contributed by atoms with Gasteiger partial charge in [0.15, 0.2) is 0 Å². The lowest BCUT2D eigenvalue weighted by molar-refractivity contribution is -0.115. The normalized spacial score (nSPS) is 11.7. The van der Waals surface area contributed by atoms with Gasteiger partial charge in [0.05, 0.1) is 19.5 Å². The van der Waals surface area contributed by atoms with E-state index in [1.807, 2.05) is 43.3 Å². The zero-order valence-corrected chi connectivity index (χ0v) is 15.4. The third-order valence-electron chi connectivity index (χ3n) is 3.46. The number of rotatable bonds is 7. The largest absolute Gasteiger partial charge is 0.497 e. The number of methoxy groups -OCH3 is 2. The summed E-state index contributed by atoms with van der Waals surface area (Å²) in [6.07, 6.45) is 0. The molecule has 6 heteroatoms. The first-order valence-corrected chi connectivity index (χ1v) is 8.85. The van der Waals surface area contributed by atoms with Gasteiger partial charge in [-0.25, -0.2) is 0 Å². The number of halogens is 1. The second-order valence-corrected chi connectivity index (χ2v) is 6.89. The van der Waals surface area contributed by atoms with Gasteiger partial charge >= 0.3 is 0 Å². The monoisotopic (exact) mass is 365 g/mol. The van der Waals surface area contributed by atoms with Gasteiger partial charge in [0, 0.05) is 22.0 Å². The molecule has 0 fully saturated rings. The van der Waals surface area contributed by atoms with Crippen LogP contribution in [-0.2, 0) is 10.5 Å². The van der Waals surface area contributed by atoms with Gasteiger partial charge in [0.2, 0.25) is 5.91 Å². The fourth-order valence-corrected chi connectivity index (χ4v) is 3.13. The van der Waals surface area contributed by atoms with Crippen molar-refractivity contribution in [1.82, 2.24) is 0 Å². The Morgan fingerprint density at radius 3 is 2.50 bits per heavy atom. The van der Waals surface area contributed by atoms with Crippen molar-refractivity contribution in [3.05, 3.63) is 53.1 Å². The topological polar surface area (TPSA) is 47.6 Å². The van der Waals surface area contributed by atoms with Crippen LogP contribution in [-0.4, -0.2) is 25.4 Å². The molecule has 24 heavy (non-hydrogen) atoms. The summed E-state index contributed by atoms with van der Waals surface area (Å²) in [5.74, 6) is 2.12. The maximum atomic E-state index is 12.3. The van der Waals surface area contributed by atoms with Crippen LogP contribution < -0.4 is 14.8 Å². The average molecular weight is 366 g/mol. The van der Waals surface area contributed by atoms with E-state index in [1.165, 1.54) is 11.8 Å². The standard InChI is InChI=1S/C18H20ClNO3S/c1-12(18(21)20-15-5-7-16(22-2)8-6-15)24-11-13-10-14(19)4-9-17(13)23-3/h4-10,12H,11H2,1-3H3,(H,20,21)/t12-/m0/s1. The number of carbonyl (C=O) groups is 1. The van der Waals surface area contributed by atoms with Gasteiger partial charge in [-0.2, -0.15) is 0 Å². The van der Waals surface area contributed by atoms with Crippen LogP contribution in [0.15, 0.2) is 42.5 Å². The fourth-order valence-electron chi connectivity index (χ4n) is 2.07. The minimum Gasteiger partial charge on any atom is -0.497 e. The number of hydrogen-bond acceptors (Lipinski definition) is 4. The summed E-state index contributed by atoms with van der Waals surface area (Å²) in [6, 6.07) is 12.7. The number of anilines is 1. The molecule has 0 saturated carbocycles. The predicted molar refractivity (Wildman–Crippen MR) is 100 cm³/mol. The van der Waals surface area contributed by atoms with E-state index in [2.05, 4.69) is 5.32 Å². The van der Waals surface area contributed by atoms with E-state index in [0.717, 1.165) is 22.7 Å². The van der Waals surface area contributed by atoms with Gasteiger partial charge in [0.1, 0.15) is 11.5 Å². The molecule has 0 aliphatic carbocycles. The molecule has 0 aliphatic rings. The Bertz CT molecular complexity index is 691. The molecule has 1 amide bonds. The summed E-state index contributed by atoms with van der Waals surface area (Å²) in [7, 11) is 3.23. The Balaban J connectivity index is 1.92. The third-order valence-corrected chi connectivity index (χ3v) is 4.88. The van der Waals surface area contributed by atoms with Crippen LogP contribution in [0.5, 0.6) is 11.5 Å². The molecular weight excluding hydrogens is 346 g/mol. The quantitative estimate of drug-likeness (QED) is 0.777. The predicted octanol–water partition coefficient (Wildman–Crippen LogP) is 4.62. The zero-order valence-electron chi connectivity index (χ0n) is 13.8. The fraction of sp³-hybridized carbons (Fsp3) is 0.278. The lowest BCUT2D eigenvalue weighted by Gasteiger charge is -2.14. The van der Waals surface area contributed by atoms with Crippen LogP contribution in [0.1, 0.15) is 12.5 Å². The molecule has 0 radical (unpaired) electrons. The summed E-state index contributed by atoms with van der Waals surface area (Å²) in [6.45, 7) is 1.88. The SMILES string of the molecule is COc1ccc(NC(=O)[C@H](C)SCc2cc(Cl)ccc2OC)cc1. The van der Waals surface area contributed by atoms with Crippen LogP contribution in [0.2, 0.25) is 5.02 Å². The number of hydrogen-bond donors (Lipinski definition) is 1. The highest BCUT2D eigenvalue weighted by Crippen LogP contribution is 2.28. The maximum Gasteiger partial charge on any atom is 0.237 e. The minimum absolute atomic E-state index is 0.0499. The van der Waals surface area contributed by atoms with E-state index >= 15 is 0 Å². The van der Waals surface area contributed by atoms with E-state index in [0.29, 0.717) is 10.8 Å². The highest BCUT2D eigenvalue weighted by atomic mass is 35.5. The number of ether oxygens (including phenoxy) is 2. The van der Waals surface area contributed by atoms with Crippen LogP contribution in [0.4, 0.5) is 5.69 Å². The molecule has 0 unspecified atom stereocenters. The molecule has 128 valence electrons. The van der Waals surface area contributed by atoms with Crippen molar-refractivity contribution in [2.75, 3.05) is 19.5 Å². The number of amides is 1. The molecule has 4 nitrogen and oxygen atoms in total. The lowest BCUT2D eigenvalue weighted by atomic mass is 10.2.